The highest BCUT2D eigenvalue weighted by atomic mass is 16.3. The van der Waals surface area contributed by atoms with Crippen LogP contribution in [0.2, 0.25) is 0 Å². The van der Waals surface area contributed by atoms with E-state index in [2.05, 4.69) is 12.2 Å². The van der Waals surface area contributed by atoms with Gasteiger partial charge in [-0.2, -0.15) is 0 Å². The molecule has 1 amide bonds. The Hall–Kier alpha value is -1.35. The van der Waals surface area contributed by atoms with Crippen molar-refractivity contribution >= 4 is 5.91 Å². The van der Waals surface area contributed by atoms with Crippen LogP contribution in [-0.2, 0) is 11.3 Å². The molecule has 22 heavy (non-hydrogen) atoms. The highest BCUT2D eigenvalue weighted by Crippen LogP contribution is 2.11. The molecule has 124 valence electrons. The standard InChI is InChI=1S/C19H31NO2/c1-2-3-4-5-9-13-18(21)14-10-15-19(22)20-16-17-11-7-6-8-12-17/h6-8,11-12,18,21H,2-5,9-10,13-16H2,1H3,(H,20,22)/t18-/m0/s1. The lowest BCUT2D eigenvalue weighted by molar-refractivity contribution is -0.121. The average molecular weight is 305 g/mol. The molecular formula is C19H31NO2. The lowest BCUT2D eigenvalue weighted by atomic mass is 10.0. The largest absolute Gasteiger partial charge is 0.393 e. The summed E-state index contributed by atoms with van der Waals surface area (Å²) < 4.78 is 0. The quantitative estimate of drug-likeness (QED) is 0.569. The van der Waals surface area contributed by atoms with Gasteiger partial charge in [0, 0.05) is 13.0 Å². The second kappa shape index (κ2) is 12.2. The van der Waals surface area contributed by atoms with E-state index in [0.717, 1.165) is 31.2 Å². The number of rotatable bonds is 12. The van der Waals surface area contributed by atoms with Crippen LogP contribution in [0.15, 0.2) is 30.3 Å². The first-order valence-corrected chi connectivity index (χ1v) is 8.71. The summed E-state index contributed by atoms with van der Waals surface area (Å²) in [6, 6.07) is 9.91. The zero-order valence-electron chi connectivity index (χ0n) is 13.9. The summed E-state index contributed by atoms with van der Waals surface area (Å²) in [5.74, 6) is 0.0685. The maximum atomic E-state index is 11.7. The van der Waals surface area contributed by atoms with Gasteiger partial charge >= 0.3 is 0 Å². The van der Waals surface area contributed by atoms with Crippen LogP contribution in [0.25, 0.3) is 0 Å². The molecule has 0 aromatic heterocycles. The van der Waals surface area contributed by atoms with Crippen molar-refractivity contribution in [2.24, 2.45) is 0 Å². The molecule has 3 heteroatoms. The average Bonchev–Trinajstić information content (AvgIpc) is 2.54. The molecule has 0 bridgehead atoms. The molecule has 1 atom stereocenters. The third-order valence-corrected chi connectivity index (χ3v) is 3.91. The highest BCUT2D eigenvalue weighted by Gasteiger charge is 2.06. The summed E-state index contributed by atoms with van der Waals surface area (Å²) in [6.45, 7) is 2.79. The minimum absolute atomic E-state index is 0.0685. The lowest BCUT2D eigenvalue weighted by Crippen LogP contribution is -2.22. The van der Waals surface area contributed by atoms with E-state index in [0.29, 0.717) is 13.0 Å². The second-order valence-corrected chi connectivity index (χ2v) is 6.01. The van der Waals surface area contributed by atoms with Gasteiger partial charge in [-0.15, -0.1) is 0 Å². The molecule has 1 aromatic rings. The van der Waals surface area contributed by atoms with E-state index >= 15 is 0 Å². The van der Waals surface area contributed by atoms with Crippen LogP contribution in [0.5, 0.6) is 0 Å². The van der Waals surface area contributed by atoms with Crippen molar-refractivity contribution in [3.8, 4) is 0 Å². The molecule has 0 radical (unpaired) electrons. The Bertz CT molecular complexity index is 392. The molecule has 0 spiro atoms. The topological polar surface area (TPSA) is 49.3 Å². The van der Waals surface area contributed by atoms with Gasteiger partial charge < -0.3 is 10.4 Å². The number of aliphatic hydroxyl groups is 1. The van der Waals surface area contributed by atoms with Crippen molar-refractivity contribution in [1.29, 1.82) is 0 Å². The van der Waals surface area contributed by atoms with Crippen LogP contribution in [0.1, 0.15) is 70.3 Å². The van der Waals surface area contributed by atoms with E-state index in [1.54, 1.807) is 0 Å². The van der Waals surface area contributed by atoms with Gasteiger partial charge in [0.25, 0.3) is 0 Å². The number of nitrogens with one attached hydrogen (secondary N) is 1. The molecule has 1 rings (SSSR count). The van der Waals surface area contributed by atoms with Gasteiger partial charge in [-0.1, -0.05) is 69.4 Å². The number of aliphatic hydroxyl groups excluding tert-OH is 1. The van der Waals surface area contributed by atoms with E-state index in [9.17, 15) is 9.90 Å². The Balaban J connectivity index is 1.99. The first-order valence-electron chi connectivity index (χ1n) is 8.71. The van der Waals surface area contributed by atoms with E-state index < -0.39 is 0 Å². The molecule has 1 aromatic carbocycles. The number of hydrogen-bond donors (Lipinski definition) is 2. The lowest BCUT2D eigenvalue weighted by Gasteiger charge is -2.10. The number of hydrogen-bond acceptors (Lipinski definition) is 2. The fraction of sp³-hybridized carbons (Fsp3) is 0.632. The molecule has 0 unspecified atom stereocenters. The van der Waals surface area contributed by atoms with E-state index in [1.807, 2.05) is 30.3 Å². The molecule has 0 heterocycles. The summed E-state index contributed by atoms with van der Waals surface area (Å²) in [6.07, 6.45) is 8.73. The van der Waals surface area contributed by atoms with Crippen LogP contribution >= 0.6 is 0 Å². The predicted molar refractivity (Wildman–Crippen MR) is 91.5 cm³/mol. The first kappa shape index (κ1) is 18.7. The van der Waals surface area contributed by atoms with Gasteiger partial charge in [-0.3, -0.25) is 4.79 Å². The van der Waals surface area contributed by atoms with Crippen molar-refractivity contribution in [2.75, 3.05) is 0 Å². The zero-order valence-corrected chi connectivity index (χ0v) is 13.9. The monoisotopic (exact) mass is 305 g/mol. The SMILES string of the molecule is CCCCCCC[C@H](O)CCCC(=O)NCc1ccccc1. The van der Waals surface area contributed by atoms with Crippen LogP contribution < -0.4 is 5.32 Å². The van der Waals surface area contributed by atoms with Gasteiger partial charge in [-0.05, 0) is 24.8 Å². The third kappa shape index (κ3) is 9.56. The smallest absolute Gasteiger partial charge is 0.220 e. The Kier molecular flexibility index (Phi) is 10.4. The normalized spacial score (nSPS) is 12.1. The molecule has 0 fully saturated rings. The summed E-state index contributed by atoms with van der Waals surface area (Å²) >= 11 is 0. The summed E-state index contributed by atoms with van der Waals surface area (Å²) in [7, 11) is 0. The van der Waals surface area contributed by atoms with Crippen LogP contribution in [-0.4, -0.2) is 17.1 Å². The fourth-order valence-corrected chi connectivity index (χ4v) is 2.51. The molecule has 3 nitrogen and oxygen atoms in total. The van der Waals surface area contributed by atoms with Crippen LogP contribution in [0.3, 0.4) is 0 Å². The van der Waals surface area contributed by atoms with Crippen LogP contribution in [0.4, 0.5) is 0 Å². The molecule has 0 saturated carbocycles. The fourth-order valence-electron chi connectivity index (χ4n) is 2.51. The number of unbranched alkanes of at least 4 members (excludes halogenated alkanes) is 4. The van der Waals surface area contributed by atoms with Gasteiger partial charge in [0.1, 0.15) is 0 Å². The maximum absolute atomic E-state index is 11.7. The summed E-state index contributed by atoms with van der Waals surface area (Å²) in [5.41, 5.74) is 1.11. The third-order valence-electron chi connectivity index (χ3n) is 3.91. The van der Waals surface area contributed by atoms with Gasteiger partial charge in [0.15, 0.2) is 0 Å². The molecule has 0 aliphatic rings. The zero-order chi connectivity index (χ0) is 16.0. The van der Waals surface area contributed by atoms with Crippen molar-refractivity contribution in [3.05, 3.63) is 35.9 Å². The molecule has 0 saturated heterocycles. The number of carbonyl (C=O) groups is 1. The minimum atomic E-state index is -0.247. The summed E-state index contributed by atoms with van der Waals surface area (Å²) in [5, 5.41) is 12.8. The Morgan fingerprint density at radius 1 is 1.05 bits per heavy atom. The molecule has 2 N–H and O–H groups in total. The second-order valence-electron chi connectivity index (χ2n) is 6.01. The van der Waals surface area contributed by atoms with Gasteiger partial charge in [0.05, 0.1) is 6.10 Å². The minimum Gasteiger partial charge on any atom is -0.393 e. The number of amides is 1. The van der Waals surface area contributed by atoms with Crippen molar-refractivity contribution in [3.63, 3.8) is 0 Å². The van der Waals surface area contributed by atoms with Gasteiger partial charge in [-0.25, -0.2) is 0 Å². The maximum Gasteiger partial charge on any atom is 0.220 e. The Morgan fingerprint density at radius 2 is 1.73 bits per heavy atom. The number of carbonyl (C=O) groups excluding carboxylic acids is 1. The van der Waals surface area contributed by atoms with E-state index in [1.165, 1.54) is 25.7 Å². The Labute approximate surface area is 135 Å². The van der Waals surface area contributed by atoms with Crippen molar-refractivity contribution in [2.45, 2.75) is 77.4 Å². The molecule has 0 aliphatic heterocycles. The summed E-state index contributed by atoms with van der Waals surface area (Å²) in [4.78, 5) is 11.7. The van der Waals surface area contributed by atoms with Crippen molar-refractivity contribution in [1.82, 2.24) is 5.32 Å². The Morgan fingerprint density at radius 3 is 2.45 bits per heavy atom. The number of benzene rings is 1. The van der Waals surface area contributed by atoms with Crippen LogP contribution in [0, 0.1) is 0 Å². The first-order chi connectivity index (χ1) is 10.7. The van der Waals surface area contributed by atoms with E-state index in [-0.39, 0.29) is 12.0 Å². The van der Waals surface area contributed by atoms with Crippen molar-refractivity contribution < 1.29 is 9.90 Å². The predicted octanol–water partition coefficient (Wildman–Crippen LogP) is 4.19. The molecule has 0 aliphatic carbocycles. The van der Waals surface area contributed by atoms with Gasteiger partial charge in [0.2, 0.25) is 5.91 Å². The van der Waals surface area contributed by atoms with E-state index in [4.69, 9.17) is 0 Å². The highest BCUT2D eigenvalue weighted by molar-refractivity contribution is 5.75. The molecular weight excluding hydrogens is 274 g/mol.